The molecular formula is C19H16FN3O2. The molecule has 3 heterocycles. The van der Waals surface area contributed by atoms with Gasteiger partial charge in [0, 0.05) is 35.4 Å². The van der Waals surface area contributed by atoms with Crippen LogP contribution in [0, 0.1) is 12.7 Å². The third-order valence-corrected chi connectivity index (χ3v) is 4.48. The maximum Gasteiger partial charge on any atom is 0.323 e. The minimum absolute atomic E-state index is 0.154. The molecule has 0 amide bonds. The van der Waals surface area contributed by atoms with Crippen LogP contribution in [-0.4, -0.2) is 25.0 Å². The summed E-state index contributed by atoms with van der Waals surface area (Å²) in [7, 11) is 0. The van der Waals surface area contributed by atoms with E-state index in [1.165, 1.54) is 12.1 Å². The zero-order valence-electron chi connectivity index (χ0n) is 13.6. The molecule has 1 N–H and O–H groups in total. The Morgan fingerprint density at radius 2 is 2.12 bits per heavy atom. The first-order chi connectivity index (χ1) is 12.0. The Balaban J connectivity index is 1.86. The molecule has 1 aromatic carbocycles. The second-order valence-corrected chi connectivity index (χ2v) is 6.08. The van der Waals surface area contributed by atoms with Crippen LogP contribution in [0.15, 0.2) is 48.8 Å². The molecule has 0 saturated carbocycles. The molecule has 0 saturated heterocycles. The minimum atomic E-state index is -0.927. The summed E-state index contributed by atoms with van der Waals surface area (Å²) in [6.45, 7) is 1.71. The van der Waals surface area contributed by atoms with Crippen LogP contribution in [0.5, 0.6) is 0 Å². The van der Waals surface area contributed by atoms with Gasteiger partial charge in [-0.25, -0.2) is 9.37 Å². The van der Waals surface area contributed by atoms with E-state index < -0.39 is 5.97 Å². The average Bonchev–Trinajstić information content (AvgIpc) is 3.09. The number of imidazole rings is 1. The molecule has 126 valence electrons. The normalized spacial score (nSPS) is 11.4. The topological polar surface area (TPSA) is 59.5 Å². The smallest absolute Gasteiger partial charge is 0.323 e. The molecule has 0 spiro atoms. The number of carboxylic acid groups (broad SMARTS) is 1. The second kappa shape index (κ2) is 5.73. The molecule has 4 rings (SSSR count). The van der Waals surface area contributed by atoms with Crippen LogP contribution < -0.4 is 0 Å². The maximum absolute atomic E-state index is 13.8. The van der Waals surface area contributed by atoms with Gasteiger partial charge < -0.3 is 14.1 Å². The fraction of sp³-hybridized carbons (Fsp3) is 0.158. The molecule has 0 aliphatic carbocycles. The quantitative estimate of drug-likeness (QED) is 0.621. The highest BCUT2D eigenvalue weighted by Crippen LogP contribution is 2.28. The number of hydrogen-bond acceptors (Lipinski definition) is 2. The number of aliphatic carboxylic acids is 1. The average molecular weight is 337 g/mol. The van der Waals surface area contributed by atoms with Gasteiger partial charge in [0.2, 0.25) is 0 Å². The SMILES string of the molecule is Cc1c(Cc2cn3ccccc3n2)c2cc(F)ccc2n1CC(=O)O. The molecule has 0 atom stereocenters. The highest BCUT2D eigenvalue weighted by Gasteiger charge is 2.17. The monoisotopic (exact) mass is 337 g/mol. The van der Waals surface area contributed by atoms with Gasteiger partial charge >= 0.3 is 5.97 Å². The molecule has 0 aliphatic heterocycles. The number of benzene rings is 1. The van der Waals surface area contributed by atoms with Gasteiger partial charge in [0.1, 0.15) is 18.0 Å². The molecule has 0 unspecified atom stereocenters. The molecule has 5 nitrogen and oxygen atoms in total. The predicted molar refractivity (Wildman–Crippen MR) is 92.3 cm³/mol. The van der Waals surface area contributed by atoms with E-state index >= 15 is 0 Å². The molecule has 0 aliphatic rings. The summed E-state index contributed by atoms with van der Waals surface area (Å²) in [5, 5.41) is 9.92. The molecule has 25 heavy (non-hydrogen) atoms. The van der Waals surface area contributed by atoms with Crippen molar-refractivity contribution in [3.8, 4) is 0 Å². The van der Waals surface area contributed by atoms with Crippen molar-refractivity contribution in [2.45, 2.75) is 19.9 Å². The fourth-order valence-corrected chi connectivity index (χ4v) is 3.34. The molecule has 3 aromatic heterocycles. The zero-order valence-corrected chi connectivity index (χ0v) is 13.6. The Labute approximate surface area is 143 Å². The van der Waals surface area contributed by atoms with Crippen LogP contribution in [-0.2, 0) is 17.8 Å². The van der Waals surface area contributed by atoms with Crippen molar-refractivity contribution in [1.82, 2.24) is 14.0 Å². The first-order valence-corrected chi connectivity index (χ1v) is 7.94. The van der Waals surface area contributed by atoms with Crippen molar-refractivity contribution in [3.05, 3.63) is 71.6 Å². The fourth-order valence-electron chi connectivity index (χ4n) is 3.34. The first kappa shape index (κ1) is 15.4. The number of carboxylic acids is 1. The number of aromatic nitrogens is 3. The van der Waals surface area contributed by atoms with Crippen LogP contribution in [0.1, 0.15) is 17.0 Å². The van der Waals surface area contributed by atoms with Gasteiger partial charge in [-0.15, -0.1) is 0 Å². The predicted octanol–water partition coefficient (Wildman–Crippen LogP) is 3.41. The Hall–Kier alpha value is -3.15. The highest BCUT2D eigenvalue weighted by atomic mass is 19.1. The lowest BCUT2D eigenvalue weighted by molar-refractivity contribution is -0.137. The Morgan fingerprint density at radius 1 is 1.28 bits per heavy atom. The number of rotatable bonds is 4. The summed E-state index contributed by atoms with van der Waals surface area (Å²) in [4.78, 5) is 15.8. The summed E-state index contributed by atoms with van der Waals surface area (Å²) in [5.41, 5.74) is 4.14. The van der Waals surface area contributed by atoms with Crippen LogP contribution in [0.3, 0.4) is 0 Å². The van der Waals surface area contributed by atoms with E-state index in [9.17, 15) is 14.3 Å². The van der Waals surface area contributed by atoms with Gasteiger partial charge in [0.05, 0.1) is 5.69 Å². The lowest BCUT2D eigenvalue weighted by Gasteiger charge is -2.05. The second-order valence-electron chi connectivity index (χ2n) is 6.08. The van der Waals surface area contributed by atoms with E-state index in [0.717, 1.165) is 33.5 Å². The zero-order chi connectivity index (χ0) is 17.6. The van der Waals surface area contributed by atoms with Crippen molar-refractivity contribution in [1.29, 1.82) is 0 Å². The van der Waals surface area contributed by atoms with E-state index in [4.69, 9.17) is 0 Å². The Bertz CT molecular complexity index is 1080. The van der Waals surface area contributed by atoms with Crippen molar-refractivity contribution in [3.63, 3.8) is 0 Å². The molecule has 4 aromatic rings. The summed E-state index contributed by atoms with van der Waals surface area (Å²) in [6.07, 6.45) is 4.38. The van der Waals surface area contributed by atoms with E-state index in [-0.39, 0.29) is 12.4 Å². The molecule has 0 fully saturated rings. The number of pyridine rings is 1. The van der Waals surface area contributed by atoms with Crippen LogP contribution in [0.4, 0.5) is 4.39 Å². The first-order valence-electron chi connectivity index (χ1n) is 7.94. The van der Waals surface area contributed by atoms with Gasteiger partial charge in [-0.05, 0) is 42.8 Å². The van der Waals surface area contributed by atoms with Gasteiger partial charge in [-0.3, -0.25) is 4.79 Å². The molecular weight excluding hydrogens is 321 g/mol. The lowest BCUT2D eigenvalue weighted by atomic mass is 10.1. The van der Waals surface area contributed by atoms with Gasteiger partial charge in [-0.2, -0.15) is 0 Å². The molecule has 0 radical (unpaired) electrons. The summed E-state index contributed by atoms with van der Waals surface area (Å²) in [5.74, 6) is -1.26. The van der Waals surface area contributed by atoms with Crippen LogP contribution in [0.25, 0.3) is 16.6 Å². The number of hydrogen-bond donors (Lipinski definition) is 1. The van der Waals surface area contributed by atoms with Crippen molar-refractivity contribution in [2.24, 2.45) is 0 Å². The highest BCUT2D eigenvalue weighted by molar-refractivity contribution is 5.87. The number of carbonyl (C=O) groups is 1. The summed E-state index contributed by atoms with van der Waals surface area (Å²) >= 11 is 0. The minimum Gasteiger partial charge on any atom is -0.480 e. The van der Waals surface area contributed by atoms with Gasteiger partial charge in [0.15, 0.2) is 0 Å². The number of nitrogens with zero attached hydrogens (tertiary/aromatic N) is 3. The summed E-state index contributed by atoms with van der Waals surface area (Å²) < 4.78 is 17.4. The Kier molecular flexibility index (Phi) is 3.53. The van der Waals surface area contributed by atoms with Crippen molar-refractivity contribution in [2.75, 3.05) is 0 Å². The van der Waals surface area contributed by atoms with Crippen LogP contribution in [0.2, 0.25) is 0 Å². The van der Waals surface area contributed by atoms with E-state index in [0.29, 0.717) is 6.42 Å². The Morgan fingerprint density at radius 3 is 2.88 bits per heavy atom. The van der Waals surface area contributed by atoms with Crippen molar-refractivity contribution >= 4 is 22.5 Å². The van der Waals surface area contributed by atoms with Gasteiger partial charge in [0.25, 0.3) is 0 Å². The van der Waals surface area contributed by atoms with E-state index in [2.05, 4.69) is 4.98 Å². The third-order valence-electron chi connectivity index (χ3n) is 4.48. The van der Waals surface area contributed by atoms with E-state index in [1.54, 1.807) is 10.6 Å². The number of halogens is 1. The third kappa shape index (κ3) is 2.65. The number of fused-ring (bicyclic) bond motifs is 2. The van der Waals surface area contributed by atoms with E-state index in [1.807, 2.05) is 41.9 Å². The maximum atomic E-state index is 13.8. The van der Waals surface area contributed by atoms with Crippen LogP contribution >= 0.6 is 0 Å². The lowest BCUT2D eigenvalue weighted by Crippen LogP contribution is -2.10. The van der Waals surface area contributed by atoms with Gasteiger partial charge in [-0.1, -0.05) is 6.07 Å². The molecule has 6 heteroatoms. The molecule has 0 bridgehead atoms. The van der Waals surface area contributed by atoms with Crippen molar-refractivity contribution < 1.29 is 14.3 Å². The summed E-state index contributed by atoms with van der Waals surface area (Å²) in [6, 6.07) is 10.2. The standard InChI is InChI=1S/C19H16FN3O2/c1-12-15(9-14-10-22-7-3-2-4-18(22)21-14)16-8-13(20)5-6-17(16)23(12)11-19(24)25/h2-8,10H,9,11H2,1H3,(H,24,25). The largest absolute Gasteiger partial charge is 0.480 e.